The Kier molecular flexibility index (Phi) is 3.01. The molecule has 1 aliphatic carbocycles. The summed E-state index contributed by atoms with van der Waals surface area (Å²) in [6.45, 7) is 1.88. The normalized spacial score (nSPS) is 32.3. The molecular formula is C14H15ClN2O2S. The number of hydroxylamine groups is 1. The molecule has 2 aliphatic heterocycles. The minimum Gasteiger partial charge on any atom is -0.627 e. The summed E-state index contributed by atoms with van der Waals surface area (Å²) in [7, 11) is 0. The first-order valence-electron chi connectivity index (χ1n) is 6.92. The molecule has 1 N–H and O–H groups in total. The fourth-order valence-corrected chi connectivity index (χ4v) is 5.10. The number of quaternary nitrogens is 1. The van der Waals surface area contributed by atoms with Crippen molar-refractivity contribution < 1.29 is 9.86 Å². The Morgan fingerprint density at radius 3 is 3.15 bits per heavy atom. The van der Waals surface area contributed by atoms with Crippen LogP contribution in [0.3, 0.4) is 0 Å². The minimum atomic E-state index is -0.259. The van der Waals surface area contributed by atoms with Crippen LogP contribution in [0.15, 0.2) is 5.57 Å². The van der Waals surface area contributed by atoms with Crippen molar-refractivity contribution in [3.8, 4) is 0 Å². The van der Waals surface area contributed by atoms with Crippen molar-refractivity contribution in [2.24, 2.45) is 0 Å². The van der Waals surface area contributed by atoms with Crippen molar-refractivity contribution in [3.05, 3.63) is 26.8 Å². The lowest BCUT2D eigenvalue weighted by atomic mass is 9.94. The van der Waals surface area contributed by atoms with Gasteiger partial charge < -0.3 is 10.3 Å². The molecule has 3 aliphatic rings. The molecule has 3 heterocycles. The number of nitrogens with one attached hydrogen (secondary N) is 1. The molecular weight excluding hydrogens is 296 g/mol. The summed E-state index contributed by atoms with van der Waals surface area (Å²) >= 11 is 7.81. The molecule has 4 nitrogen and oxygen atoms in total. The number of halogens is 1. The van der Waals surface area contributed by atoms with E-state index in [0.717, 1.165) is 42.1 Å². The maximum absolute atomic E-state index is 12.6. The van der Waals surface area contributed by atoms with E-state index in [1.54, 1.807) is 11.3 Å². The first-order chi connectivity index (χ1) is 9.69. The highest BCUT2D eigenvalue weighted by Crippen LogP contribution is 2.41. The molecule has 0 radical (unpaired) electrons. The number of rotatable bonds is 1. The summed E-state index contributed by atoms with van der Waals surface area (Å²) in [5, 5.41) is 13.5. The first kappa shape index (κ1) is 13.0. The van der Waals surface area contributed by atoms with Gasteiger partial charge in [-0.1, -0.05) is 11.3 Å². The van der Waals surface area contributed by atoms with E-state index in [2.05, 4.69) is 4.90 Å². The standard InChI is InChI=1S/C14H15ClN2O2S/c15-11-5-9-10-6-16-3-1-2-13(16)17(19)14(10)20-12(9)4-8(11)7-18/h4,7,11,13,17H,1-3,5-6H2. The zero-order valence-corrected chi connectivity index (χ0v) is 12.5. The summed E-state index contributed by atoms with van der Waals surface area (Å²) in [6, 6.07) is 0. The molecule has 1 fully saturated rings. The monoisotopic (exact) mass is 310 g/mol. The summed E-state index contributed by atoms with van der Waals surface area (Å²) in [6.07, 6.45) is 5.54. The van der Waals surface area contributed by atoms with Crippen molar-refractivity contribution in [1.82, 2.24) is 4.90 Å². The van der Waals surface area contributed by atoms with Crippen LogP contribution >= 0.6 is 22.9 Å². The number of fused-ring (bicyclic) bond motifs is 4. The highest BCUT2D eigenvalue weighted by atomic mass is 35.5. The van der Waals surface area contributed by atoms with Crippen molar-refractivity contribution in [2.75, 3.05) is 6.54 Å². The number of carbonyl (C=O) groups excluding carboxylic acids is 1. The van der Waals surface area contributed by atoms with Crippen LogP contribution in [-0.2, 0) is 17.8 Å². The minimum absolute atomic E-state index is 0.0870. The average Bonchev–Trinajstić information content (AvgIpc) is 3.03. The number of nitrogens with zero attached hydrogens (tertiary/aromatic N) is 1. The van der Waals surface area contributed by atoms with Crippen LogP contribution in [0.25, 0.3) is 6.08 Å². The Morgan fingerprint density at radius 2 is 2.35 bits per heavy atom. The van der Waals surface area contributed by atoms with Gasteiger partial charge >= 0.3 is 0 Å². The molecule has 0 saturated carbocycles. The number of allylic oxidation sites excluding steroid dienone is 1. The molecule has 1 saturated heterocycles. The molecule has 20 heavy (non-hydrogen) atoms. The lowest BCUT2D eigenvalue weighted by Crippen LogP contribution is -3.09. The predicted molar refractivity (Wildman–Crippen MR) is 79.1 cm³/mol. The molecule has 1 aromatic rings. The molecule has 3 unspecified atom stereocenters. The molecule has 4 rings (SSSR count). The predicted octanol–water partition coefficient (Wildman–Crippen LogP) is 1.44. The molecule has 0 spiro atoms. The maximum atomic E-state index is 12.6. The van der Waals surface area contributed by atoms with Crippen molar-refractivity contribution in [1.29, 1.82) is 0 Å². The second kappa shape index (κ2) is 4.64. The van der Waals surface area contributed by atoms with Gasteiger partial charge in [-0.15, -0.1) is 11.6 Å². The second-order valence-electron chi connectivity index (χ2n) is 5.68. The quantitative estimate of drug-likeness (QED) is 0.485. The van der Waals surface area contributed by atoms with E-state index in [4.69, 9.17) is 11.6 Å². The third-order valence-corrected chi connectivity index (χ3v) is 6.22. The van der Waals surface area contributed by atoms with Gasteiger partial charge in [-0.25, -0.2) is 4.90 Å². The molecule has 1 aromatic heterocycles. The zero-order chi connectivity index (χ0) is 13.9. The molecule has 0 bridgehead atoms. The van der Waals surface area contributed by atoms with Crippen LogP contribution in [0.5, 0.6) is 0 Å². The van der Waals surface area contributed by atoms with Crippen LogP contribution in [0.4, 0.5) is 5.00 Å². The largest absolute Gasteiger partial charge is 0.627 e. The molecule has 106 valence electrons. The van der Waals surface area contributed by atoms with Crippen molar-refractivity contribution >= 4 is 40.3 Å². The van der Waals surface area contributed by atoms with Gasteiger partial charge in [-0.2, -0.15) is 0 Å². The van der Waals surface area contributed by atoms with E-state index >= 15 is 0 Å². The third-order valence-electron chi connectivity index (χ3n) is 4.58. The van der Waals surface area contributed by atoms with Crippen molar-refractivity contribution in [2.45, 2.75) is 37.4 Å². The zero-order valence-electron chi connectivity index (χ0n) is 10.9. The second-order valence-corrected chi connectivity index (χ2v) is 7.26. The van der Waals surface area contributed by atoms with Crippen molar-refractivity contribution in [3.63, 3.8) is 0 Å². The van der Waals surface area contributed by atoms with Gasteiger partial charge in [-0.3, -0.25) is 4.79 Å². The number of hydrogen-bond acceptors (Lipinski definition) is 4. The Morgan fingerprint density at radius 1 is 1.50 bits per heavy atom. The Bertz CT molecular complexity index is 613. The van der Waals surface area contributed by atoms with Gasteiger partial charge in [0.2, 0.25) is 0 Å². The SMILES string of the molecule is O=CC1=Cc2sc3c(c2CC1Cl)CN1CCCC1[NH+]3[O-]. The summed E-state index contributed by atoms with van der Waals surface area (Å²) in [5.74, 6) is 0. The fraction of sp³-hybridized carbons (Fsp3) is 0.500. The lowest BCUT2D eigenvalue weighted by Gasteiger charge is -2.38. The number of thiophene rings is 1. The van der Waals surface area contributed by atoms with E-state index in [0.29, 0.717) is 12.0 Å². The van der Waals surface area contributed by atoms with Crippen LogP contribution in [0.2, 0.25) is 0 Å². The van der Waals surface area contributed by atoms with E-state index in [1.807, 2.05) is 6.08 Å². The molecule has 0 aromatic carbocycles. The Balaban J connectivity index is 1.81. The fourth-order valence-electron chi connectivity index (χ4n) is 3.54. The average molecular weight is 311 g/mol. The third kappa shape index (κ3) is 1.74. The Labute approximate surface area is 126 Å². The van der Waals surface area contributed by atoms with E-state index in [9.17, 15) is 10.0 Å². The van der Waals surface area contributed by atoms with E-state index in [1.165, 1.54) is 11.1 Å². The topological polar surface area (TPSA) is 47.8 Å². The van der Waals surface area contributed by atoms with Gasteiger partial charge in [-0.05, 0) is 24.5 Å². The molecule has 0 amide bonds. The summed E-state index contributed by atoms with van der Waals surface area (Å²) < 4.78 is 0. The van der Waals surface area contributed by atoms with Gasteiger partial charge in [0.25, 0.3) is 0 Å². The van der Waals surface area contributed by atoms with Crippen LogP contribution in [-0.4, -0.2) is 29.3 Å². The highest BCUT2D eigenvalue weighted by molar-refractivity contribution is 7.16. The number of carbonyl (C=O) groups is 1. The van der Waals surface area contributed by atoms with Gasteiger partial charge in [0.1, 0.15) is 12.5 Å². The molecule has 3 atom stereocenters. The van der Waals surface area contributed by atoms with Crippen LogP contribution < -0.4 is 5.06 Å². The maximum Gasteiger partial charge on any atom is 0.193 e. The van der Waals surface area contributed by atoms with Gasteiger partial charge in [0, 0.05) is 35.5 Å². The van der Waals surface area contributed by atoms with Crippen LogP contribution in [0.1, 0.15) is 28.8 Å². The molecule has 6 heteroatoms. The summed E-state index contributed by atoms with van der Waals surface area (Å²) in [4.78, 5) is 14.4. The number of aldehydes is 1. The van der Waals surface area contributed by atoms with E-state index < -0.39 is 0 Å². The lowest BCUT2D eigenvalue weighted by molar-refractivity contribution is -0.822. The van der Waals surface area contributed by atoms with Gasteiger partial charge in [0.05, 0.1) is 5.38 Å². The van der Waals surface area contributed by atoms with E-state index in [-0.39, 0.29) is 16.6 Å². The number of hydrogen-bond donors (Lipinski definition) is 1. The smallest absolute Gasteiger partial charge is 0.193 e. The number of alkyl halides is 1. The van der Waals surface area contributed by atoms with Crippen LogP contribution in [0, 0.1) is 5.21 Å². The summed E-state index contributed by atoms with van der Waals surface area (Å²) in [5.41, 5.74) is 2.99. The highest BCUT2D eigenvalue weighted by Gasteiger charge is 2.40. The Hall–Kier alpha value is -0.720. The van der Waals surface area contributed by atoms with Gasteiger partial charge in [0.15, 0.2) is 5.00 Å². The first-order valence-corrected chi connectivity index (χ1v) is 8.18.